The molecular weight excluding hydrogens is 458 g/mol. The van der Waals surface area contributed by atoms with Crippen molar-refractivity contribution in [3.8, 4) is 22.3 Å². The van der Waals surface area contributed by atoms with Gasteiger partial charge in [-0.2, -0.15) is 0 Å². The second kappa shape index (κ2) is 8.75. The molecule has 7 rings (SSSR count). The fraction of sp³-hybridized carbons (Fsp3) is 0.0811. The largest absolute Gasteiger partial charge is 0.310 e. The van der Waals surface area contributed by atoms with E-state index < -0.39 is 0 Å². The summed E-state index contributed by atoms with van der Waals surface area (Å²) in [7, 11) is 0. The maximum atomic E-state index is 2.43. The van der Waals surface area contributed by atoms with Crippen LogP contribution in [0.5, 0.6) is 0 Å². The summed E-state index contributed by atoms with van der Waals surface area (Å²) in [5.41, 5.74) is 11.3. The van der Waals surface area contributed by atoms with Gasteiger partial charge in [0.05, 0.1) is 5.69 Å². The zero-order valence-corrected chi connectivity index (χ0v) is 21.7. The van der Waals surface area contributed by atoms with Gasteiger partial charge >= 0.3 is 0 Å². The minimum atomic E-state index is -0.108. The van der Waals surface area contributed by atoms with Gasteiger partial charge in [0.25, 0.3) is 0 Å². The Balaban J connectivity index is 1.46. The molecule has 0 fully saturated rings. The first-order valence-electron chi connectivity index (χ1n) is 13.3. The van der Waals surface area contributed by atoms with E-state index in [0.29, 0.717) is 0 Å². The van der Waals surface area contributed by atoms with E-state index in [0.717, 1.165) is 11.4 Å². The topological polar surface area (TPSA) is 3.24 Å². The Morgan fingerprint density at radius 1 is 0.500 bits per heavy atom. The molecule has 0 unspecified atom stereocenters. The molecule has 1 nitrogen and oxygen atoms in total. The Labute approximate surface area is 224 Å². The lowest BCUT2D eigenvalue weighted by Gasteiger charge is -2.32. The number of nitrogens with zero attached hydrogens (tertiary/aromatic N) is 1. The molecule has 0 spiro atoms. The normalized spacial score (nSPS) is 13.2. The van der Waals surface area contributed by atoms with Crippen LogP contribution in [0.3, 0.4) is 0 Å². The number of para-hydroxylation sites is 1. The van der Waals surface area contributed by atoms with Crippen molar-refractivity contribution in [1.29, 1.82) is 0 Å². The highest BCUT2D eigenvalue weighted by molar-refractivity contribution is 5.98. The van der Waals surface area contributed by atoms with Crippen LogP contribution in [0.25, 0.3) is 33.0 Å². The first kappa shape index (κ1) is 22.6. The standard InChI is InChI=1S/C37H29N/c1-37(2)34-23-9-8-20-32(34)33-22-12-24-35(36(33)37)38(28-16-4-3-5-17-28)29-18-10-15-27(25-29)31-21-11-14-26-13-6-7-19-30(26)31/h3-25H,1-2H3. The van der Waals surface area contributed by atoms with Gasteiger partial charge in [-0.05, 0) is 74.5 Å². The van der Waals surface area contributed by atoms with E-state index in [1.54, 1.807) is 0 Å². The van der Waals surface area contributed by atoms with E-state index in [9.17, 15) is 0 Å². The molecule has 182 valence electrons. The van der Waals surface area contributed by atoms with Gasteiger partial charge in [-0.1, -0.05) is 123 Å². The second-order valence-electron chi connectivity index (χ2n) is 10.6. The molecule has 0 radical (unpaired) electrons. The second-order valence-corrected chi connectivity index (χ2v) is 10.6. The Morgan fingerprint density at radius 2 is 1.13 bits per heavy atom. The van der Waals surface area contributed by atoms with Gasteiger partial charge < -0.3 is 4.90 Å². The average molecular weight is 488 g/mol. The van der Waals surface area contributed by atoms with Crippen LogP contribution < -0.4 is 4.90 Å². The van der Waals surface area contributed by atoms with Crippen LogP contribution in [-0.4, -0.2) is 0 Å². The predicted molar refractivity (Wildman–Crippen MR) is 162 cm³/mol. The Kier molecular flexibility index (Phi) is 5.19. The third kappa shape index (κ3) is 3.47. The van der Waals surface area contributed by atoms with Crippen molar-refractivity contribution in [3.05, 3.63) is 151 Å². The molecule has 1 aliphatic carbocycles. The van der Waals surface area contributed by atoms with Crippen molar-refractivity contribution in [1.82, 2.24) is 0 Å². The molecule has 0 aliphatic heterocycles. The first-order valence-corrected chi connectivity index (χ1v) is 13.3. The lowest BCUT2D eigenvalue weighted by molar-refractivity contribution is 0.661. The summed E-state index contributed by atoms with van der Waals surface area (Å²) in [5, 5.41) is 2.53. The molecular formula is C37H29N. The van der Waals surface area contributed by atoms with Crippen LogP contribution in [0.1, 0.15) is 25.0 Å². The lowest BCUT2D eigenvalue weighted by atomic mass is 9.81. The smallest absolute Gasteiger partial charge is 0.0508 e. The van der Waals surface area contributed by atoms with E-state index in [4.69, 9.17) is 0 Å². The third-order valence-corrected chi connectivity index (χ3v) is 8.02. The van der Waals surface area contributed by atoms with Crippen LogP contribution in [0, 0.1) is 0 Å². The molecule has 6 aromatic carbocycles. The molecule has 0 bridgehead atoms. The van der Waals surface area contributed by atoms with E-state index >= 15 is 0 Å². The molecule has 38 heavy (non-hydrogen) atoms. The van der Waals surface area contributed by atoms with Crippen molar-refractivity contribution in [2.45, 2.75) is 19.3 Å². The summed E-state index contributed by atoms with van der Waals surface area (Å²) in [6.07, 6.45) is 0. The van der Waals surface area contributed by atoms with Gasteiger partial charge in [0.2, 0.25) is 0 Å². The number of benzene rings is 6. The van der Waals surface area contributed by atoms with Crippen LogP contribution in [-0.2, 0) is 5.41 Å². The van der Waals surface area contributed by atoms with E-state index in [1.807, 2.05) is 0 Å². The summed E-state index contributed by atoms with van der Waals surface area (Å²) in [6.45, 7) is 4.72. The molecule has 1 heteroatoms. The quantitative estimate of drug-likeness (QED) is 0.239. The first-order chi connectivity index (χ1) is 18.6. The van der Waals surface area contributed by atoms with Crippen molar-refractivity contribution < 1.29 is 0 Å². The van der Waals surface area contributed by atoms with E-state index in [-0.39, 0.29) is 5.41 Å². The highest BCUT2D eigenvalue weighted by atomic mass is 15.1. The van der Waals surface area contributed by atoms with Crippen LogP contribution in [0.2, 0.25) is 0 Å². The lowest BCUT2D eigenvalue weighted by Crippen LogP contribution is -2.20. The van der Waals surface area contributed by atoms with Gasteiger partial charge in [0.1, 0.15) is 0 Å². The van der Waals surface area contributed by atoms with Crippen molar-refractivity contribution in [2.75, 3.05) is 4.90 Å². The SMILES string of the molecule is CC1(C)c2ccccc2-c2cccc(N(c3ccccc3)c3cccc(-c4cccc5ccccc45)c3)c21. The summed E-state index contributed by atoms with van der Waals surface area (Å²) in [4.78, 5) is 2.43. The van der Waals surface area contributed by atoms with Gasteiger partial charge in [-0.3, -0.25) is 0 Å². The fourth-order valence-electron chi connectivity index (χ4n) is 6.30. The number of rotatable bonds is 4. The van der Waals surface area contributed by atoms with Gasteiger partial charge in [-0.15, -0.1) is 0 Å². The molecule has 0 N–H and O–H groups in total. The molecule has 0 atom stereocenters. The molecule has 0 saturated heterocycles. The number of hydrogen-bond donors (Lipinski definition) is 0. The highest BCUT2D eigenvalue weighted by Gasteiger charge is 2.38. The number of hydrogen-bond acceptors (Lipinski definition) is 1. The maximum Gasteiger partial charge on any atom is 0.0508 e. The summed E-state index contributed by atoms with van der Waals surface area (Å²) < 4.78 is 0. The van der Waals surface area contributed by atoms with Gasteiger partial charge in [0.15, 0.2) is 0 Å². The van der Waals surface area contributed by atoms with Crippen molar-refractivity contribution >= 4 is 27.8 Å². The Bertz CT molecular complexity index is 1790. The monoisotopic (exact) mass is 487 g/mol. The van der Waals surface area contributed by atoms with E-state index in [1.165, 1.54) is 49.8 Å². The number of fused-ring (bicyclic) bond motifs is 4. The average Bonchev–Trinajstić information content (AvgIpc) is 3.21. The zero-order chi connectivity index (χ0) is 25.7. The van der Waals surface area contributed by atoms with Crippen LogP contribution >= 0.6 is 0 Å². The summed E-state index contributed by atoms with van der Waals surface area (Å²) in [5.74, 6) is 0. The molecule has 6 aromatic rings. The Morgan fingerprint density at radius 3 is 2.03 bits per heavy atom. The molecule has 0 aromatic heterocycles. The molecule has 0 saturated carbocycles. The summed E-state index contributed by atoms with van der Waals surface area (Å²) in [6, 6.07) is 50.6. The van der Waals surface area contributed by atoms with Crippen LogP contribution in [0.4, 0.5) is 17.1 Å². The predicted octanol–water partition coefficient (Wildman–Crippen LogP) is 10.3. The van der Waals surface area contributed by atoms with Gasteiger partial charge in [-0.25, -0.2) is 0 Å². The number of anilines is 3. The minimum absolute atomic E-state index is 0.108. The van der Waals surface area contributed by atoms with Gasteiger partial charge in [0, 0.05) is 16.8 Å². The third-order valence-electron chi connectivity index (χ3n) is 8.02. The van der Waals surface area contributed by atoms with Crippen molar-refractivity contribution in [3.63, 3.8) is 0 Å². The maximum absolute atomic E-state index is 2.43. The molecule has 0 amide bonds. The highest BCUT2D eigenvalue weighted by Crippen LogP contribution is 2.54. The zero-order valence-electron chi connectivity index (χ0n) is 21.7. The Hall–Kier alpha value is -4.62. The summed E-state index contributed by atoms with van der Waals surface area (Å²) >= 11 is 0. The van der Waals surface area contributed by atoms with E-state index in [2.05, 4.69) is 158 Å². The van der Waals surface area contributed by atoms with Crippen LogP contribution in [0.15, 0.2) is 140 Å². The molecule has 1 aliphatic rings. The molecule has 0 heterocycles. The van der Waals surface area contributed by atoms with Crippen molar-refractivity contribution in [2.24, 2.45) is 0 Å². The minimum Gasteiger partial charge on any atom is -0.310 e. The fourth-order valence-corrected chi connectivity index (χ4v) is 6.30.